The number of benzene rings is 2. The summed E-state index contributed by atoms with van der Waals surface area (Å²) in [6, 6.07) is 10.0. The van der Waals surface area contributed by atoms with Crippen molar-refractivity contribution in [3.05, 3.63) is 82.6 Å². The molecule has 1 saturated heterocycles. The summed E-state index contributed by atoms with van der Waals surface area (Å²) in [5.41, 5.74) is 4.65. The molecule has 1 aliphatic carbocycles. The van der Waals surface area contributed by atoms with Gasteiger partial charge in [0.1, 0.15) is 5.82 Å². The van der Waals surface area contributed by atoms with E-state index in [1.807, 2.05) is 28.8 Å². The second-order valence-electron chi connectivity index (χ2n) is 12.8. The number of halogens is 1. The summed E-state index contributed by atoms with van der Waals surface area (Å²) in [5, 5.41) is 14.0. The molecular formula is C33H31FN6O4S. The fourth-order valence-corrected chi connectivity index (χ4v) is 8.32. The Labute approximate surface area is 262 Å². The number of carbonyl (C=O) groups excluding carboxylic acids is 2. The Morgan fingerprint density at radius 3 is 2.67 bits per heavy atom. The van der Waals surface area contributed by atoms with Gasteiger partial charge in [0.05, 0.1) is 18.6 Å². The van der Waals surface area contributed by atoms with Crippen molar-refractivity contribution in [1.29, 1.82) is 0 Å². The van der Waals surface area contributed by atoms with E-state index in [0.717, 1.165) is 62.3 Å². The van der Waals surface area contributed by atoms with Crippen LogP contribution in [0.4, 0.5) is 15.2 Å². The first-order valence-corrected chi connectivity index (χ1v) is 16.1. The fraction of sp³-hybridized carbons (Fsp3) is 0.364. The van der Waals surface area contributed by atoms with Crippen molar-refractivity contribution in [3.63, 3.8) is 0 Å². The number of aromatic nitrogens is 3. The highest BCUT2D eigenvalue weighted by Gasteiger charge is 2.52. The van der Waals surface area contributed by atoms with Gasteiger partial charge < -0.3 is 19.5 Å². The largest absolute Gasteiger partial charge is 0.481 e. The number of carboxylic acid groups (broad SMARTS) is 1. The first-order chi connectivity index (χ1) is 21.8. The van der Waals surface area contributed by atoms with E-state index < -0.39 is 29.6 Å². The van der Waals surface area contributed by atoms with Gasteiger partial charge in [-0.3, -0.25) is 19.7 Å². The summed E-state index contributed by atoms with van der Waals surface area (Å²) in [5.74, 6) is -1.76. The van der Waals surface area contributed by atoms with E-state index in [9.17, 15) is 14.4 Å². The number of rotatable bonds is 8. The molecule has 45 heavy (non-hydrogen) atoms. The molecule has 2 aromatic heterocycles. The maximum atomic E-state index is 15.7. The minimum atomic E-state index is -1.03. The highest BCUT2D eigenvalue weighted by Crippen LogP contribution is 2.54. The Bertz CT molecular complexity index is 1820. The number of aryl methyl sites for hydroxylation is 1. The van der Waals surface area contributed by atoms with Crippen molar-refractivity contribution in [3.8, 4) is 11.1 Å². The Kier molecular flexibility index (Phi) is 6.52. The third kappa shape index (κ3) is 4.78. The molecule has 5 heterocycles. The third-order valence-corrected chi connectivity index (χ3v) is 10.5. The van der Waals surface area contributed by atoms with E-state index in [1.165, 1.54) is 22.3 Å². The van der Waals surface area contributed by atoms with Crippen LogP contribution in [0.5, 0.6) is 0 Å². The third-order valence-electron chi connectivity index (χ3n) is 9.81. The number of nitrogens with zero attached hydrogens (tertiary/aromatic N) is 5. The summed E-state index contributed by atoms with van der Waals surface area (Å²) < 4.78 is 17.7. The minimum absolute atomic E-state index is 0.0362. The number of imidazole rings is 1. The summed E-state index contributed by atoms with van der Waals surface area (Å²) in [6.45, 7) is 2.60. The van der Waals surface area contributed by atoms with E-state index in [2.05, 4.69) is 20.2 Å². The van der Waals surface area contributed by atoms with Gasteiger partial charge >= 0.3 is 5.97 Å². The maximum absolute atomic E-state index is 15.7. The summed E-state index contributed by atoms with van der Waals surface area (Å²) in [4.78, 5) is 51.1. The SMILES string of the molecule is O=C(O)CC1CC2(C1)CN(c1ccc(-c3cc(F)c4c(c3)C(=O)N(C(C(=O)Nc3nccs3)c3ncn5c3CCC5)C4)cc1)C2. The van der Waals surface area contributed by atoms with Gasteiger partial charge in [0.15, 0.2) is 11.2 Å². The quantitative estimate of drug-likeness (QED) is 0.279. The molecule has 10 nitrogen and oxygen atoms in total. The van der Waals surface area contributed by atoms with Crippen LogP contribution in [0.3, 0.4) is 0 Å². The zero-order valence-electron chi connectivity index (χ0n) is 24.4. The summed E-state index contributed by atoms with van der Waals surface area (Å²) in [6.07, 6.45) is 7.16. The average molecular weight is 627 g/mol. The van der Waals surface area contributed by atoms with Crippen LogP contribution in [-0.4, -0.2) is 55.4 Å². The van der Waals surface area contributed by atoms with Gasteiger partial charge in [0.2, 0.25) is 0 Å². The Morgan fingerprint density at radius 1 is 1.13 bits per heavy atom. The van der Waals surface area contributed by atoms with E-state index >= 15 is 4.39 Å². The van der Waals surface area contributed by atoms with Crippen LogP contribution in [0, 0.1) is 17.2 Å². The zero-order chi connectivity index (χ0) is 30.9. The van der Waals surface area contributed by atoms with Gasteiger partial charge in [-0.1, -0.05) is 12.1 Å². The number of aliphatic carboxylic acids is 1. The van der Waals surface area contributed by atoms with E-state index in [0.29, 0.717) is 16.4 Å². The molecule has 0 bridgehead atoms. The van der Waals surface area contributed by atoms with Crippen LogP contribution in [0.1, 0.15) is 59.0 Å². The van der Waals surface area contributed by atoms with Crippen LogP contribution in [-0.2, 0) is 29.1 Å². The van der Waals surface area contributed by atoms with Gasteiger partial charge in [-0.05, 0) is 67.0 Å². The van der Waals surface area contributed by atoms with Crippen LogP contribution in [0.25, 0.3) is 11.1 Å². The molecule has 1 unspecified atom stereocenters. The number of fused-ring (bicyclic) bond motifs is 2. The number of amides is 2. The highest BCUT2D eigenvalue weighted by molar-refractivity contribution is 7.13. The molecule has 1 saturated carbocycles. The van der Waals surface area contributed by atoms with E-state index in [-0.39, 0.29) is 35.4 Å². The number of carbonyl (C=O) groups is 3. The minimum Gasteiger partial charge on any atom is -0.481 e. The fourth-order valence-electron chi connectivity index (χ4n) is 7.79. The summed E-state index contributed by atoms with van der Waals surface area (Å²) >= 11 is 1.28. The molecule has 230 valence electrons. The van der Waals surface area contributed by atoms with Crippen LogP contribution in [0.15, 0.2) is 54.3 Å². The van der Waals surface area contributed by atoms with Gasteiger partial charge in [-0.15, -0.1) is 11.3 Å². The Hall–Kier alpha value is -4.58. The lowest BCUT2D eigenvalue weighted by molar-refractivity contribution is -0.140. The van der Waals surface area contributed by atoms with Crippen molar-refractivity contribution in [2.75, 3.05) is 23.3 Å². The summed E-state index contributed by atoms with van der Waals surface area (Å²) in [7, 11) is 0. The monoisotopic (exact) mass is 626 g/mol. The van der Waals surface area contributed by atoms with Crippen LogP contribution < -0.4 is 10.2 Å². The van der Waals surface area contributed by atoms with Gasteiger partial charge in [-0.25, -0.2) is 14.4 Å². The predicted octanol–water partition coefficient (Wildman–Crippen LogP) is 5.12. The molecule has 2 aromatic carbocycles. The first-order valence-electron chi connectivity index (χ1n) is 15.2. The van der Waals surface area contributed by atoms with Gasteiger partial charge in [-0.2, -0.15) is 0 Å². The molecule has 1 atom stereocenters. The van der Waals surface area contributed by atoms with E-state index in [1.54, 1.807) is 24.0 Å². The highest BCUT2D eigenvalue weighted by atomic mass is 32.1. The molecule has 4 aromatic rings. The number of carboxylic acids is 1. The molecule has 4 aliphatic rings. The van der Waals surface area contributed by atoms with Gasteiger partial charge in [0, 0.05) is 65.6 Å². The molecule has 0 radical (unpaired) electrons. The molecule has 3 aliphatic heterocycles. The Morgan fingerprint density at radius 2 is 1.93 bits per heavy atom. The average Bonchev–Trinajstić information content (AvgIpc) is 3.78. The molecule has 8 rings (SSSR count). The van der Waals surface area contributed by atoms with Crippen LogP contribution in [0.2, 0.25) is 0 Å². The number of thiazole rings is 1. The molecule has 12 heteroatoms. The predicted molar refractivity (Wildman–Crippen MR) is 165 cm³/mol. The molecule has 2 amide bonds. The van der Waals surface area contributed by atoms with Crippen molar-refractivity contribution in [2.24, 2.45) is 11.3 Å². The van der Waals surface area contributed by atoms with Gasteiger partial charge in [0.25, 0.3) is 11.8 Å². The second-order valence-corrected chi connectivity index (χ2v) is 13.7. The molecular weight excluding hydrogens is 595 g/mol. The van der Waals surface area contributed by atoms with Crippen molar-refractivity contribution >= 4 is 39.9 Å². The lowest BCUT2D eigenvalue weighted by Gasteiger charge is -2.60. The lowest BCUT2D eigenvalue weighted by Crippen LogP contribution is -2.62. The number of anilines is 2. The number of nitrogens with one attached hydrogen (secondary N) is 1. The molecule has 1 spiro atoms. The smallest absolute Gasteiger partial charge is 0.303 e. The number of hydrogen-bond acceptors (Lipinski definition) is 7. The first kappa shape index (κ1) is 27.9. The zero-order valence-corrected chi connectivity index (χ0v) is 25.2. The van der Waals surface area contributed by atoms with E-state index in [4.69, 9.17) is 5.11 Å². The lowest BCUT2D eigenvalue weighted by atomic mass is 9.57. The van der Waals surface area contributed by atoms with Crippen LogP contribution >= 0.6 is 11.3 Å². The topological polar surface area (TPSA) is 121 Å². The normalized spacial score (nSPS) is 18.8. The van der Waals surface area contributed by atoms with Crippen molar-refractivity contribution in [1.82, 2.24) is 19.4 Å². The molecule has 2 N–H and O–H groups in total. The number of hydrogen-bond donors (Lipinski definition) is 2. The second kappa shape index (κ2) is 10.5. The van der Waals surface area contributed by atoms with Crippen molar-refractivity contribution < 1.29 is 23.9 Å². The Balaban J connectivity index is 1.02. The molecule has 2 fully saturated rings. The standard InChI is InChI=1S/C33H31FN6O4S/c34-25-12-21(20-3-5-22(6-4-20)39-16-33(17-39)13-19(14-33)10-27(41)42)11-23-24(25)15-40(31(23)44)29(30(43)37-32-35-7-9-45-32)28-26-2-1-8-38(26)18-36-28/h3-7,9,11-12,18-19,29H,1-2,8,10,13-17H2,(H,41,42)(H,35,37,43). The maximum Gasteiger partial charge on any atom is 0.303 e. The van der Waals surface area contributed by atoms with Crippen molar-refractivity contribution in [2.45, 2.75) is 51.2 Å².